The van der Waals surface area contributed by atoms with Gasteiger partial charge in [0.25, 0.3) is 5.91 Å². The number of imide groups is 1. The summed E-state index contributed by atoms with van der Waals surface area (Å²) in [4.78, 5) is 46.7. The van der Waals surface area contributed by atoms with Crippen LogP contribution in [0.5, 0.6) is 5.75 Å². The van der Waals surface area contributed by atoms with Crippen molar-refractivity contribution < 1.29 is 23.5 Å². The molecule has 2 aromatic heterocycles. The van der Waals surface area contributed by atoms with Crippen LogP contribution in [0, 0.1) is 5.82 Å². The first kappa shape index (κ1) is 22.2. The van der Waals surface area contributed by atoms with E-state index < -0.39 is 35.7 Å². The number of urea groups is 1. The molecule has 4 heterocycles. The van der Waals surface area contributed by atoms with Crippen molar-refractivity contribution in [3.8, 4) is 17.0 Å². The maximum Gasteiger partial charge on any atom is 0.325 e. The molecule has 36 heavy (non-hydrogen) atoms. The number of aromatic nitrogens is 3. The number of rotatable bonds is 3. The van der Waals surface area contributed by atoms with Gasteiger partial charge in [-0.15, -0.1) is 0 Å². The van der Waals surface area contributed by atoms with E-state index in [1.54, 1.807) is 10.9 Å². The van der Waals surface area contributed by atoms with Gasteiger partial charge in [-0.1, -0.05) is 6.07 Å². The van der Waals surface area contributed by atoms with Gasteiger partial charge in [0.05, 0.1) is 18.4 Å². The van der Waals surface area contributed by atoms with Crippen LogP contribution < -0.4 is 10.1 Å². The van der Waals surface area contributed by atoms with Gasteiger partial charge in [0.2, 0.25) is 5.91 Å². The minimum atomic E-state index is -1.23. The average molecular weight is 490 g/mol. The lowest BCUT2D eigenvalue weighted by Gasteiger charge is -2.24. The van der Waals surface area contributed by atoms with Crippen LogP contribution in [0.25, 0.3) is 11.3 Å². The molecule has 2 aliphatic heterocycles. The summed E-state index contributed by atoms with van der Waals surface area (Å²) in [7, 11) is 1.82. The highest BCUT2D eigenvalue weighted by Crippen LogP contribution is 2.41. The van der Waals surface area contributed by atoms with Gasteiger partial charge in [0.15, 0.2) is 0 Å². The highest BCUT2D eigenvalue weighted by atomic mass is 19.1. The second kappa shape index (κ2) is 8.14. The Labute approximate surface area is 205 Å². The monoisotopic (exact) mass is 490 g/mol. The molecule has 4 amide bonds. The lowest BCUT2D eigenvalue weighted by molar-refractivity contribution is -0.139. The number of amides is 4. The molecule has 1 N–H and O–H groups in total. The fraction of sp³-hybridized carbons (Fsp3) is 0.320. The summed E-state index contributed by atoms with van der Waals surface area (Å²) < 4.78 is 21.0. The molecule has 1 fully saturated rings. The van der Waals surface area contributed by atoms with Gasteiger partial charge in [0.1, 0.15) is 30.3 Å². The van der Waals surface area contributed by atoms with Crippen LogP contribution in [0.4, 0.5) is 9.18 Å². The predicted molar refractivity (Wildman–Crippen MR) is 124 cm³/mol. The van der Waals surface area contributed by atoms with Gasteiger partial charge in [-0.3, -0.25) is 24.2 Å². The van der Waals surface area contributed by atoms with Gasteiger partial charge in [-0.25, -0.2) is 9.18 Å². The number of carbonyl (C=O) groups excluding carboxylic acids is 3. The van der Waals surface area contributed by atoms with Gasteiger partial charge in [0, 0.05) is 42.2 Å². The lowest BCUT2D eigenvalue weighted by Crippen LogP contribution is -2.45. The maximum absolute atomic E-state index is 13.7. The fourth-order valence-corrected chi connectivity index (χ4v) is 5.17. The summed E-state index contributed by atoms with van der Waals surface area (Å²) in [5.74, 6) is -0.795. The summed E-state index contributed by atoms with van der Waals surface area (Å²) in [6.45, 7) is 0.207. The Morgan fingerprint density at radius 1 is 1.25 bits per heavy atom. The molecule has 10 nitrogen and oxygen atoms in total. The van der Waals surface area contributed by atoms with E-state index in [1.807, 2.05) is 25.4 Å². The maximum atomic E-state index is 13.7. The molecule has 0 radical (unpaired) electrons. The third-order valence-corrected chi connectivity index (χ3v) is 7.00. The van der Waals surface area contributed by atoms with Crippen LogP contribution in [0.2, 0.25) is 0 Å². The first-order valence-corrected chi connectivity index (χ1v) is 11.7. The van der Waals surface area contributed by atoms with Crippen molar-refractivity contribution in [2.24, 2.45) is 7.05 Å². The third kappa shape index (κ3) is 3.50. The zero-order chi connectivity index (χ0) is 25.0. The average Bonchev–Trinajstić information content (AvgIpc) is 3.46. The molecule has 0 saturated carbocycles. The van der Waals surface area contributed by atoms with E-state index in [0.717, 1.165) is 21.9 Å². The predicted octanol–water partition coefficient (Wildman–Crippen LogP) is 1.74. The van der Waals surface area contributed by atoms with Crippen LogP contribution in [0.3, 0.4) is 0 Å². The quantitative estimate of drug-likeness (QED) is 0.560. The number of ether oxygens (including phenoxy) is 1. The van der Waals surface area contributed by atoms with Crippen molar-refractivity contribution in [2.75, 3.05) is 19.7 Å². The largest absolute Gasteiger partial charge is 0.491 e. The second-order valence-corrected chi connectivity index (χ2v) is 9.24. The van der Waals surface area contributed by atoms with Gasteiger partial charge in [-0.05, 0) is 37.1 Å². The Kier molecular flexibility index (Phi) is 5.02. The number of benzene rings is 1. The molecule has 1 atom stereocenters. The van der Waals surface area contributed by atoms with Crippen LogP contribution in [-0.4, -0.2) is 62.1 Å². The van der Waals surface area contributed by atoms with E-state index in [0.29, 0.717) is 29.7 Å². The molecule has 184 valence electrons. The highest BCUT2D eigenvalue weighted by Gasteiger charge is 2.56. The van der Waals surface area contributed by atoms with E-state index >= 15 is 0 Å². The first-order valence-electron chi connectivity index (χ1n) is 11.7. The SMILES string of the molecule is Cn1cc(-c2ccc3c(n2)CC[C@@]32NC(=O)N(CC(=O)N3CCOc4ccc(F)cc4C3)C2=O)cn1. The van der Waals surface area contributed by atoms with Crippen LogP contribution in [0.1, 0.15) is 23.2 Å². The number of carbonyl (C=O) groups is 3. The van der Waals surface area contributed by atoms with Crippen molar-refractivity contribution in [1.82, 2.24) is 29.9 Å². The summed E-state index contributed by atoms with van der Waals surface area (Å²) >= 11 is 0. The van der Waals surface area contributed by atoms with E-state index in [9.17, 15) is 18.8 Å². The molecule has 1 aromatic carbocycles. The number of halogens is 1. The molecule has 1 saturated heterocycles. The zero-order valence-corrected chi connectivity index (χ0v) is 19.5. The molecule has 3 aliphatic rings. The van der Waals surface area contributed by atoms with Gasteiger partial charge >= 0.3 is 6.03 Å². The molecular formula is C25H23FN6O4. The minimum Gasteiger partial charge on any atom is -0.491 e. The van der Waals surface area contributed by atoms with Crippen molar-refractivity contribution in [2.45, 2.75) is 24.9 Å². The molecular weight excluding hydrogens is 467 g/mol. The number of hydrogen-bond acceptors (Lipinski definition) is 6. The minimum absolute atomic E-state index is 0.130. The molecule has 1 aliphatic carbocycles. The van der Waals surface area contributed by atoms with Crippen LogP contribution in [0.15, 0.2) is 42.7 Å². The topological polar surface area (TPSA) is 110 Å². The summed E-state index contributed by atoms with van der Waals surface area (Å²) in [6, 6.07) is 7.17. The highest BCUT2D eigenvalue weighted by molar-refractivity contribution is 6.09. The van der Waals surface area contributed by atoms with Gasteiger partial charge < -0.3 is 15.0 Å². The van der Waals surface area contributed by atoms with E-state index in [-0.39, 0.29) is 19.7 Å². The van der Waals surface area contributed by atoms with Crippen molar-refractivity contribution >= 4 is 17.8 Å². The summed E-state index contributed by atoms with van der Waals surface area (Å²) in [5, 5.41) is 7.00. The first-order chi connectivity index (χ1) is 17.3. The number of pyridine rings is 1. The summed E-state index contributed by atoms with van der Waals surface area (Å²) in [6.07, 6.45) is 4.46. The zero-order valence-electron chi connectivity index (χ0n) is 19.5. The van der Waals surface area contributed by atoms with E-state index in [4.69, 9.17) is 9.72 Å². The Balaban J connectivity index is 1.22. The van der Waals surface area contributed by atoms with Crippen molar-refractivity contribution in [3.63, 3.8) is 0 Å². The normalized spacial score (nSPS) is 20.7. The van der Waals surface area contributed by atoms with Gasteiger partial charge in [-0.2, -0.15) is 5.10 Å². The Morgan fingerprint density at radius 3 is 2.92 bits per heavy atom. The Bertz CT molecular complexity index is 1420. The molecule has 11 heteroatoms. The third-order valence-electron chi connectivity index (χ3n) is 7.00. The van der Waals surface area contributed by atoms with Crippen LogP contribution >= 0.6 is 0 Å². The Hall–Kier alpha value is -4.28. The van der Waals surface area contributed by atoms with Crippen LogP contribution in [-0.2, 0) is 35.1 Å². The molecule has 0 unspecified atom stereocenters. The molecule has 3 aromatic rings. The number of fused-ring (bicyclic) bond motifs is 3. The number of hydrogen-bond donors (Lipinski definition) is 1. The Morgan fingerprint density at radius 2 is 2.11 bits per heavy atom. The number of nitrogens with zero attached hydrogens (tertiary/aromatic N) is 5. The standard InChI is InChI=1S/C25H23FN6O4/c1-30-12-16(11-27-30)19-4-3-18-20(28-19)6-7-25(18)23(34)32(24(35)29-25)14-22(33)31-8-9-36-21-5-2-17(26)10-15(21)13-31/h2-5,10-12H,6-9,13-14H2,1H3,(H,29,35)/t25-/m1/s1. The van der Waals surface area contributed by atoms with E-state index in [2.05, 4.69) is 10.4 Å². The molecule has 1 spiro atoms. The second-order valence-electron chi connectivity index (χ2n) is 9.24. The summed E-state index contributed by atoms with van der Waals surface area (Å²) in [5.41, 5.74) is 2.29. The molecule has 6 rings (SSSR count). The fourth-order valence-electron chi connectivity index (χ4n) is 5.17. The van der Waals surface area contributed by atoms with Crippen molar-refractivity contribution in [1.29, 1.82) is 0 Å². The lowest BCUT2D eigenvalue weighted by atomic mass is 9.92. The number of aryl methyl sites for hydroxylation is 2. The molecule has 0 bridgehead atoms. The van der Waals surface area contributed by atoms with Crippen molar-refractivity contribution in [3.05, 3.63) is 65.4 Å². The number of nitrogens with one attached hydrogen (secondary N) is 1. The van der Waals surface area contributed by atoms with E-state index in [1.165, 1.54) is 23.1 Å². The smallest absolute Gasteiger partial charge is 0.325 e.